The van der Waals surface area contributed by atoms with Gasteiger partial charge in [0.2, 0.25) is 0 Å². The van der Waals surface area contributed by atoms with Crippen molar-refractivity contribution in [2.45, 2.75) is 19.6 Å². The molecule has 0 aliphatic carbocycles. The highest BCUT2D eigenvalue weighted by molar-refractivity contribution is 14.1. The van der Waals surface area contributed by atoms with Crippen LogP contribution < -0.4 is 10.1 Å². The Kier molecular flexibility index (Phi) is 8.42. The number of hydrogen-bond acceptors (Lipinski definition) is 3. The van der Waals surface area contributed by atoms with Crippen LogP contribution in [0.25, 0.3) is 16.8 Å². The second kappa shape index (κ2) is 11.7. The highest BCUT2D eigenvalue weighted by Crippen LogP contribution is 2.31. The maximum Gasteiger partial charge on any atom is 0.262 e. The number of fused-ring (bicyclic) bond motifs is 1. The van der Waals surface area contributed by atoms with E-state index in [4.69, 9.17) is 4.74 Å². The first-order valence-corrected chi connectivity index (χ1v) is 13.2. The van der Waals surface area contributed by atoms with Crippen LogP contribution in [0.4, 0.5) is 0 Å². The van der Waals surface area contributed by atoms with Crippen molar-refractivity contribution >= 4 is 67.9 Å². The van der Waals surface area contributed by atoms with Crippen LogP contribution in [0.5, 0.6) is 5.75 Å². The molecule has 0 saturated heterocycles. The fourth-order valence-electron chi connectivity index (χ4n) is 3.78. The number of benzene rings is 4. The molecule has 6 heteroatoms. The molecule has 4 aromatic carbocycles. The zero-order valence-corrected chi connectivity index (χ0v) is 23.3. The number of rotatable bonds is 7. The smallest absolute Gasteiger partial charge is 0.262 e. The van der Waals surface area contributed by atoms with Gasteiger partial charge in [0.1, 0.15) is 24.0 Å². The fraction of sp³-hybridized carbons (Fsp3) is 0.103. The quantitative estimate of drug-likeness (QED) is 0.125. The molecule has 0 aliphatic heterocycles. The van der Waals surface area contributed by atoms with Crippen LogP contribution in [0, 0.1) is 18.5 Å². The van der Waals surface area contributed by atoms with Crippen molar-refractivity contribution in [3.8, 4) is 11.8 Å². The van der Waals surface area contributed by atoms with E-state index in [1.54, 1.807) is 6.08 Å². The molecule has 0 spiro atoms. The molecule has 35 heavy (non-hydrogen) atoms. The molecular formula is C29H22I2N2O2. The second-order valence-electron chi connectivity index (χ2n) is 8.02. The van der Waals surface area contributed by atoms with Crippen LogP contribution in [0.1, 0.15) is 29.7 Å². The van der Waals surface area contributed by atoms with Gasteiger partial charge in [-0.1, -0.05) is 72.8 Å². The van der Waals surface area contributed by atoms with Gasteiger partial charge in [0, 0.05) is 0 Å². The molecule has 1 atom stereocenters. The predicted octanol–water partition coefficient (Wildman–Crippen LogP) is 7.41. The number of ether oxygens (including phenoxy) is 1. The van der Waals surface area contributed by atoms with Crippen LogP contribution in [-0.4, -0.2) is 5.91 Å². The zero-order chi connectivity index (χ0) is 24.8. The van der Waals surface area contributed by atoms with Gasteiger partial charge in [-0.3, -0.25) is 4.79 Å². The van der Waals surface area contributed by atoms with Crippen molar-refractivity contribution < 1.29 is 9.53 Å². The second-order valence-corrected chi connectivity index (χ2v) is 10.3. The van der Waals surface area contributed by atoms with Crippen LogP contribution in [0.15, 0.2) is 90.5 Å². The minimum absolute atomic E-state index is 0.0591. The molecule has 1 N–H and O–H groups in total. The summed E-state index contributed by atoms with van der Waals surface area (Å²) in [7, 11) is 0. The normalized spacial score (nSPS) is 12.1. The predicted molar refractivity (Wildman–Crippen MR) is 157 cm³/mol. The lowest BCUT2D eigenvalue weighted by atomic mass is 10.1. The lowest BCUT2D eigenvalue weighted by Gasteiger charge is -2.14. The number of carbonyl (C=O) groups excluding carboxylic acids is 1. The number of nitrogens with zero attached hydrogens (tertiary/aromatic N) is 1. The van der Waals surface area contributed by atoms with Crippen molar-refractivity contribution in [1.29, 1.82) is 5.26 Å². The maximum atomic E-state index is 12.7. The number of carbonyl (C=O) groups is 1. The zero-order valence-electron chi connectivity index (χ0n) is 19.0. The van der Waals surface area contributed by atoms with E-state index in [-0.39, 0.29) is 11.6 Å². The third kappa shape index (κ3) is 6.21. The Hall–Kier alpha value is -2.90. The standard InChI is InChI=1S/C29H22I2N2O2/c1-19(21-8-3-2-4-9-21)33-29(34)24(17-32)14-20-15-26(30)28(27(31)16-20)35-18-23-12-7-11-22-10-5-6-13-25(22)23/h2-16,19H,18H2,1H3,(H,33,34)/b24-14+/t19-/m0/s1. The summed E-state index contributed by atoms with van der Waals surface area (Å²) in [5.74, 6) is 0.391. The Balaban J connectivity index is 1.51. The van der Waals surface area contributed by atoms with Crippen molar-refractivity contribution in [1.82, 2.24) is 5.32 Å². The van der Waals surface area contributed by atoms with Gasteiger partial charge in [-0.15, -0.1) is 0 Å². The van der Waals surface area contributed by atoms with Crippen molar-refractivity contribution in [3.63, 3.8) is 0 Å². The first-order valence-electron chi connectivity index (χ1n) is 11.0. The Morgan fingerprint density at radius 3 is 2.37 bits per heavy atom. The van der Waals surface area contributed by atoms with E-state index >= 15 is 0 Å². The van der Waals surface area contributed by atoms with Gasteiger partial charge in [-0.25, -0.2) is 0 Å². The summed E-state index contributed by atoms with van der Waals surface area (Å²) in [5, 5.41) is 14.9. The molecule has 174 valence electrons. The fourth-order valence-corrected chi connectivity index (χ4v) is 5.91. The van der Waals surface area contributed by atoms with E-state index in [9.17, 15) is 10.1 Å². The molecule has 4 nitrogen and oxygen atoms in total. The summed E-state index contributed by atoms with van der Waals surface area (Å²) in [6, 6.07) is 29.8. The monoisotopic (exact) mass is 684 g/mol. The van der Waals surface area contributed by atoms with Crippen LogP contribution in [0.3, 0.4) is 0 Å². The van der Waals surface area contributed by atoms with Gasteiger partial charge in [-0.2, -0.15) is 5.26 Å². The Labute approximate surface area is 232 Å². The van der Waals surface area contributed by atoms with Gasteiger partial charge in [0.05, 0.1) is 13.2 Å². The van der Waals surface area contributed by atoms with Gasteiger partial charge < -0.3 is 10.1 Å². The average molecular weight is 684 g/mol. The lowest BCUT2D eigenvalue weighted by Crippen LogP contribution is -2.27. The summed E-state index contributed by atoms with van der Waals surface area (Å²) in [6.07, 6.45) is 1.62. The van der Waals surface area contributed by atoms with E-state index < -0.39 is 5.91 Å². The Bertz CT molecular complexity index is 1410. The summed E-state index contributed by atoms with van der Waals surface area (Å²) < 4.78 is 8.04. The molecule has 4 aromatic rings. The number of amides is 1. The molecular weight excluding hydrogens is 662 g/mol. The number of nitrogens with one attached hydrogen (secondary N) is 1. The maximum absolute atomic E-state index is 12.7. The van der Waals surface area contributed by atoms with Crippen molar-refractivity contribution in [2.75, 3.05) is 0 Å². The number of halogens is 2. The molecule has 0 saturated carbocycles. The van der Waals surface area contributed by atoms with Gasteiger partial charge >= 0.3 is 0 Å². The Morgan fingerprint density at radius 1 is 1.00 bits per heavy atom. The van der Waals surface area contributed by atoms with Gasteiger partial charge in [-0.05, 0) is 97.8 Å². The third-order valence-electron chi connectivity index (χ3n) is 5.60. The molecule has 0 heterocycles. The van der Waals surface area contributed by atoms with Crippen LogP contribution in [-0.2, 0) is 11.4 Å². The lowest BCUT2D eigenvalue weighted by molar-refractivity contribution is -0.117. The number of nitriles is 1. The summed E-state index contributed by atoms with van der Waals surface area (Å²) in [4.78, 5) is 12.7. The van der Waals surface area contributed by atoms with E-state index in [0.717, 1.165) is 29.6 Å². The topological polar surface area (TPSA) is 62.1 Å². The summed E-state index contributed by atoms with van der Waals surface area (Å²) in [6.45, 7) is 2.35. The molecule has 0 aliphatic rings. The van der Waals surface area contributed by atoms with E-state index in [0.29, 0.717) is 6.61 Å². The highest BCUT2D eigenvalue weighted by atomic mass is 127. The minimum atomic E-state index is -0.398. The van der Waals surface area contributed by atoms with Gasteiger partial charge in [0.25, 0.3) is 5.91 Å². The summed E-state index contributed by atoms with van der Waals surface area (Å²) >= 11 is 4.47. The molecule has 1 amide bonds. The van der Waals surface area contributed by atoms with Crippen LogP contribution in [0.2, 0.25) is 0 Å². The van der Waals surface area contributed by atoms with E-state index in [1.807, 2.05) is 73.7 Å². The molecule has 0 unspecified atom stereocenters. The number of hydrogen-bond donors (Lipinski definition) is 1. The first-order chi connectivity index (χ1) is 17.0. The summed E-state index contributed by atoms with van der Waals surface area (Å²) in [5.41, 5.74) is 2.93. The van der Waals surface area contributed by atoms with E-state index in [2.05, 4.69) is 74.8 Å². The minimum Gasteiger partial charge on any atom is -0.487 e. The van der Waals surface area contributed by atoms with Crippen molar-refractivity contribution in [2.24, 2.45) is 0 Å². The van der Waals surface area contributed by atoms with E-state index in [1.165, 1.54) is 10.8 Å². The first kappa shape index (κ1) is 25.2. The molecule has 4 rings (SSSR count). The highest BCUT2D eigenvalue weighted by Gasteiger charge is 2.15. The SMILES string of the molecule is C[C@H](NC(=O)/C(C#N)=C/c1cc(I)c(OCc2cccc3ccccc23)c(I)c1)c1ccccc1. The third-order valence-corrected chi connectivity index (χ3v) is 7.20. The van der Waals surface area contributed by atoms with Gasteiger partial charge in [0.15, 0.2) is 0 Å². The molecule has 0 radical (unpaired) electrons. The molecule has 0 aromatic heterocycles. The Morgan fingerprint density at radius 2 is 1.66 bits per heavy atom. The van der Waals surface area contributed by atoms with Crippen molar-refractivity contribution in [3.05, 3.63) is 114 Å². The average Bonchev–Trinajstić information content (AvgIpc) is 2.87. The molecule has 0 bridgehead atoms. The van der Waals surface area contributed by atoms with Crippen LogP contribution >= 0.6 is 45.2 Å². The largest absolute Gasteiger partial charge is 0.487 e. The molecule has 0 fully saturated rings.